The summed E-state index contributed by atoms with van der Waals surface area (Å²) in [6.45, 7) is 0.251. The van der Waals surface area contributed by atoms with Gasteiger partial charge in [0.1, 0.15) is 0 Å². The Morgan fingerprint density at radius 1 is 1.09 bits per heavy atom. The summed E-state index contributed by atoms with van der Waals surface area (Å²) in [4.78, 5) is 24.0. The van der Waals surface area contributed by atoms with Gasteiger partial charge in [0, 0.05) is 8.96 Å². The van der Waals surface area contributed by atoms with E-state index in [1.54, 1.807) is 18.2 Å². The summed E-state index contributed by atoms with van der Waals surface area (Å²) in [6, 6.07) is 14.6. The van der Waals surface area contributed by atoms with E-state index >= 15 is 0 Å². The van der Waals surface area contributed by atoms with E-state index in [9.17, 15) is 9.59 Å². The van der Waals surface area contributed by atoms with Crippen LogP contribution in [0.5, 0.6) is 0 Å². The molecule has 1 amide bonds. The second-order valence-corrected chi connectivity index (χ2v) is 5.87. The third-order valence-corrected chi connectivity index (χ3v) is 4.25. The topological polar surface area (TPSA) is 74.8 Å². The average molecular weight is 405 g/mol. The molecule has 0 saturated carbocycles. The van der Waals surface area contributed by atoms with Crippen LogP contribution in [0.2, 0.25) is 0 Å². The maximum absolute atomic E-state index is 12.2. The van der Waals surface area contributed by atoms with Gasteiger partial charge in [-0.15, -0.1) is 0 Å². The summed E-state index contributed by atoms with van der Waals surface area (Å²) < 4.78 is 0.886. The number of aromatic amines is 1. The van der Waals surface area contributed by atoms with E-state index < -0.39 is 0 Å². The molecule has 0 aliphatic carbocycles. The van der Waals surface area contributed by atoms with Crippen molar-refractivity contribution < 1.29 is 4.79 Å². The van der Waals surface area contributed by atoms with E-state index in [1.165, 1.54) is 0 Å². The van der Waals surface area contributed by atoms with Crippen LogP contribution in [0.1, 0.15) is 16.1 Å². The Labute approximate surface area is 139 Å². The number of halogens is 1. The largest absolute Gasteiger partial charge is 0.346 e. The molecule has 0 saturated heterocycles. The van der Waals surface area contributed by atoms with Crippen molar-refractivity contribution in [3.63, 3.8) is 0 Å². The first-order valence-electron chi connectivity index (χ1n) is 6.66. The molecule has 0 spiro atoms. The fourth-order valence-electron chi connectivity index (χ4n) is 2.21. The van der Waals surface area contributed by atoms with Gasteiger partial charge in [-0.05, 0) is 40.8 Å². The third kappa shape index (κ3) is 2.87. The van der Waals surface area contributed by atoms with E-state index in [0.717, 1.165) is 8.96 Å². The standard InChI is InChI=1S/C16H12IN3O2/c17-13-8-4-3-7-12(13)15(21)18-9-14-10-5-1-2-6-11(10)16(22)20-19-14/h1-8H,9H2,(H,18,21)(H,20,22). The van der Waals surface area contributed by atoms with Gasteiger partial charge in [-0.3, -0.25) is 9.59 Å². The molecule has 1 aromatic heterocycles. The minimum absolute atomic E-state index is 0.165. The van der Waals surface area contributed by atoms with Gasteiger partial charge in [0.2, 0.25) is 0 Å². The van der Waals surface area contributed by atoms with Crippen molar-refractivity contribution in [1.29, 1.82) is 0 Å². The molecule has 0 aliphatic rings. The number of rotatable bonds is 3. The normalized spacial score (nSPS) is 10.6. The minimum Gasteiger partial charge on any atom is -0.346 e. The molecule has 3 aromatic rings. The first kappa shape index (κ1) is 14.7. The second-order valence-electron chi connectivity index (χ2n) is 4.71. The zero-order chi connectivity index (χ0) is 15.5. The zero-order valence-corrected chi connectivity index (χ0v) is 13.6. The van der Waals surface area contributed by atoms with E-state index in [1.807, 2.05) is 30.3 Å². The summed E-state index contributed by atoms with van der Waals surface area (Å²) >= 11 is 2.12. The number of amides is 1. The monoisotopic (exact) mass is 405 g/mol. The molecule has 110 valence electrons. The van der Waals surface area contributed by atoms with E-state index in [4.69, 9.17) is 0 Å². The van der Waals surface area contributed by atoms with E-state index in [2.05, 4.69) is 38.1 Å². The highest BCUT2D eigenvalue weighted by molar-refractivity contribution is 14.1. The van der Waals surface area contributed by atoms with Crippen LogP contribution in [0.3, 0.4) is 0 Å². The van der Waals surface area contributed by atoms with Crippen LogP contribution in [0, 0.1) is 3.57 Å². The summed E-state index contributed by atoms with van der Waals surface area (Å²) in [5.41, 5.74) is 1.02. The summed E-state index contributed by atoms with van der Waals surface area (Å²) in [5, 5.41) is 10.6. The van der Waals surface area contributed by atoms with E-state index in [0.29, 0.717) is 16.6 Å². The van der Waals surface area contributed by atoms with Crippen molar-refractivity contribution in [1.82, 2.24) is 15.5 Å². The fourth-order valence-corrected chi connectivity index (χ4v) is 2.84. The van der Waals surface area contributed by atoms with Gasteiger partial charge in [0.25, 0.3) is 11.5 Å². The summed E-state index contributed by atoms with van der Waals surface area (Å²) in [7, 11) is 0. The van der Waals surface area contributed by atoms with Gasteiger partial charge < -0.3 is 5.32 Å². The molecule has 2 aromatic carbocycles. The zero-order valence-electron chi connectivity index (χ0n) is 11.5. The molecule has 0 bridgehead atoms. The molecule has 3 rings (SSSR count). The van der Waals surface area contributed by atoms with E-state index in [-0.39, 0.29) is 18.0 Å². The highest BCUT2D eigenvalue weighted by Gasteiger charge is 2.11. The van der Waals surface area contributed by atoms with Crippen LogP contribution in [0.4, 0.5) is 0 Å². The van der Waals surface area contributed by atoms with Crippen LogP contribution < -0.4 is 10.9 Å². The Hall–Kier alpha value is -2.22. The first-order chi connectivity index (χ1) is 10.7. The van der Waals surface area contributed by atoms with Crippen molar-refractivity contribution in [3.05, 3.63) is 73.7 Å². The average Bonchev–Trinajstić information content (AvgIpc) is 2.55. The number of hydrogen-bond acceptors (Lipinski definition) is 3. The molecule has 1 heterocycles. The minimum atomic E-state index is -0.233. The summed E-state index contributed by atoms with van der Waals surface area (Å²) in [6.07, 6.45) is 0. The number of H-pyrrole nitrogens is 1. The highest BCUT2D eigenvalue weighted by atomic mass is 127. The van der Waals surface area contributed by atoms with Crippen LogP contribution in [-0.4, -0.2) is 16.1 Å². The number of nitrogens with zero attached hydrogens (tertiary/aromatic N) is 1. The number of hydrogen-bond donors (Lipinski definition) is 2. The lowest BCUT2D eigenvalue weighted by Gasteiger charge is -2.08. The fraction of sp³-hybridized carbons (Fsp3) is 0.0625. The van der Waals surface area contributed by atoms with Gasteiger partial charge in [0.05, 0.1) is 23.2 Å². The number of benzene rings is 2. The SMILES string of the molecule is O=C(NCc1n[nH]c(=O)c2ccccc12)c1ccccc1I. The molecular weight excluding hydrogens is 393 g/mol. The Balaban J connectivity index is 1.86. The number of aromatic nitrogens is 2. The lowest BCUT2D eigenvalue weighted by Crippen LogP contribution is -2.25. The van der Waals surface area contributed by atoms with Crippen LogP contribution in [-0.2, 0) is 6.54 Å². The first-order valence-corrected chi connectivity index (χ1v) is 7.74. The Morgan fingerprint density at radius 2 is 1.77 bits per heavy atom. The maximum atomic E-state index is 12.2. The molecule has 0 fully saturated rings. The predicted molar refractivity (Wildman–Crippen MR) is 92.7 cm³/mol. The van der Waals surface area contributed by atoms with Crippen molar-refractivity contribution in [2.24, 2.45) is 0 Å². The van der Waals surface area contributed by atoms with Crippen LogP contribution in [0.15, 0.2) is 53.3 Å². The molecule has 5 nitrogen and oxygen atoms in total. The number of fused-ring (bicyclic) bond motifs is 1. The molecule has 6 heteroatoms. The van der Waals surface area contributed by atoms with Crippen LogP contribution >= 0.6 is 22.6 Å². The molecule has 22 heavy (non-hydrogen) atoms. The van der Waals surface area contributed by atoms with Gasteiger partial charge in [-0.25, -0.2) is 5.10 Å². The number of nitrogens with one attached hydrogen (secondary N) is 2. The molecule has 0 radical (unpaired) electrons. The Bertz CT molecular complexity index is 905. The highest BCUT2D eigenvalue weighted by Crippen LogP contribution is 2.14. The van der Waals surface area contributed by atoms with Crippen molar-refractivity contribution in [3.8, 4) is 0 Å². The van der Waals surface area contributed by atoms with Crippen LogP contribution in [0.25, 0.3) is 10.8 Å². The van der Waals surface area contributed by atoms with Gasteiger partial charge in [-0.1, -0.05) is 30.3 Å². The second kappa shape index (κ2) is 6.27. The van der Waals surface area contributed by atoms with Crippen molar-refractivity contribution in [2.45, 2.75) is 6.54 Å². The molecule has 0 aliphatic heterocycles. The lowest BCUT2D eigenvalue weighted by molar-refractivity contribution is 0.0949. The van der Waals surface area contributed by atoms with Crippen molar-refractivity contribution >= 4 is 39.3 Å². The van der Waals surface area contributed by atoms with Gasteiger partial charge in [-0.2, -0.15) is 5.10 Å². The lowest BCUT2D eigenvalue weighted by atomic mass is 10.1. The summed E-state index contributed by atoms with van der Waals surface area (Å²) in [5.74, 6) is -0.165. The van der Waals surface area contributed by atoms with Gasteiger partial charge >= 0.3 is 0 Å². The van der Waals surface area contributed by atoms with Gasteiger partial charge in [0.15, 0.2) is 0 Å². The molecule has 0 unspecified atom stereocenters. The number of carbonyl (C=O) groups is 1. The third-order valence-electron chi connectivity index (χ3n) is 3.31. The van der Waals surface area contributed by atoms with Crippen molar-refractivity contribution in [2.75, 3.05) is 0 Å². The molecular formula is C16H12IN3O2. The quantitative estimate of drug-likeness (QED) is 0.658. The predicted octanol–water partition coefficient (Wildman–Crippen LogP) is 2.46. The number of carbonyl (C=O) groups excluding carboxylic acids is 1. The maximum Gasteiger partial charge on any atom is 0.272 e. The Morgan fingerprint density at radius 3 is 2.55 bits per heavy atom. The Kier molecular flexibility index (Phi) is 4.19. The molecule has 0 atom stereocenters. The smallest absolute Gasteiger partial charge is 0.272 e. The molecule has 2 N–H and O–H groups in total.